The van der Waals surface area contributed by atoms with Crippen LogP contribution in [-0.2, 0) is 32.9 Å². The topological polar surface area (TPSA) is 77.8 Å². The Morgan fingerprint density at radius 1 is 0.667 bits per heavy atom. The summed E-state index contributed by atoms with van der Waals surface area (Å²) < 4.78 is 0. The van der Waals surface area contributed by atoms with E-state index in [4.69, 9.17) is 5.11 Å². The third-order valence-corrected chi connectivity index (χ3v) is 6.28. The van der Waals surface area contributed by atoms with Crippen LogP contribution < -0.4 is 0 Å². The van der Waals surface area contributed by atoms with Gasteiger partial charge in [0.15, 0.2) is 0 Å². The fourth-order valence-corrected chi connectivity index (χ4v) is 3.87. The number of rotatable bonds is 3. The summed E-state index contributed by atoms with van der Waals surface area (Å²) in [4.78, 5) is 9.25. The van der Waals surface area contributed by atoms with Gasteiger partial charge in [0.2, 0.25) is 0 Å². The zero-order chi connectivity index (χ0) is 28.4. The summed E-state index contributed by atoms with van der Waals surface area (Å²) in [6.45, 7) is 29.0. The van der Waals surface area contributed by atoms with Crippen molar-refractivity contribution in [1.29, 1.82) is 0 Å². The molecule has 2 aromatic rings. The predicted octanol–water partition coefficient (Wildman–Crippen LogP) is 8.14. The number of phenolic OH excluding ortho intramolecular Hbond substituents is 2. The molecule has 0 amide bonds. The minimum Gasteiger partial charge on any atom is -0.507 e. The Morgan fingerprint density at radius 3 is 1.14 bits per heavy atom. The molecule has 0 heterocycles. The second kappa shape index (κ2) is 10.7. The quantitative estimate of drug-likeness (QED) is 0.375. The number of carboxylic acid groups (broad SMARTS) is 1. The summed E-state index contributed by atoms with van der Waals surface area (Å²) in [5.74, 6) is -0.290. The Hall–Kier alpha value is -2.75. The maximum atomic E-state index is 11.2. The molecule has 0 radical (unpaired) electrons. The second-order valence-electron chi connectivity index (χ2n) is 13.8. The van der Waals surface area contributed by atoms with Crippen LogP contribution in [-0.4, -0.2) is 21.3 Å². The lowest BCUT2D eigenvalue weighted by atomic mass is 9.76. The Morgan fingerprint density at radius 2 is 0.944 bits per heavy atom. The Labute approximate surface area is 219 Å². The normalized spacial score (nSPS) is 12.6. The van der Waals surface area contributed by atoms with Crippen LogP contribution in [0.1, 0.15) is 116 Å². The van der Waals surface area contributed by atoms with E-state index in [0.717, 1.165) is 28.3 Å². The van der Waals surface area contributed by atoms with Crippen LogP contribution in [0.25, 0.3) is 0 Å². The Bertz CT molecular complexity index is 1020. The summed E-state index contributed by atoms with van der Waals surface area (Å²) in [7, 11) is 0. The highest BCUT2D eigenvalue weighted by molar-refractivity contribution is 5.78. The van der Waals surface area contributed by atoms with E-state index in [2.05, 4.69) is 114 Å². The first-order valence-electron chi connectivity index (χ1n) is 12.6. The van der Waals surface area contributed by atoms with Gasteiger partial charge in [-0.2, -0.15) is 0 Å². The minimum absolute atomic E-state index is 0.0334. The standard InChI is InChI=1S/C29H44O2.C3H4O2/c1-26(2,3)20-14-18(24(30)22(16-20)28(7,8)9)13-19-15-21(27(4,5)6)17-23(25(19)31)29(10,11)12;1-2-3(4)5/h14-17,30-31H,13H2,1-12H3;2H,1H2,(H,4,5). The van der Waals surface area contributed by atoms with E-state index < -0.39 is 5.97 Å². The maximum Gasteiger partial charge on any atom is 0.327 e. The van der Waals surface area contributed by atoms with Gasteiger partial charge in [-0.25, -0.2) is 4.79 Å². The highest BCUT2D eigenvalue weighted by Gasteiger charge is 2.28. The highest BCUT2D eigenvalue weighted by atomic mass is 16.4. The minimum atomic E-state index is -0.981. The van der Waals surface area contributed by atoms with E-state index in [1.54, 1.807) is 0 Å². The fourth-order valence-electron chi connectivity index (χ4n) is 3.87. The molecule has 0 spiro atoms. The van der Waals surface area contributed by atoms with Crippen LogP contribution in [0, 0.1) is 0 Å². The van der Waals surface area contributed by atoms with E-state index >= 15 is 0 Å². The van der Waals surface area contributed by atoms with Crippen molar-refractivity contribution >= 4 is 5.97 Å². The van der Waals surface area contributed by atoms with Gasteiger partial charge in [-0.15, -0.1) is 0 Å². The number of hydrogen-bond acceptors (Lipinski definition) is 3. The number of carboxylic acids is 1. The molecule has 0 aliphatic carbocycles. The lowest BCUT2D eigenvalue weighted by Gasteiger charge is -2.29. The molecule has 0 aliphatic heterocycles. The van der Waals surface area contributed by atoms with Crippen molar-refractivity contribution < 1.29 is 20.1 Å². The average molecular weight is 497 g/mol. The summed E-state index contributed by atoms with van der Waals surface area (Å²) >= 11 is 0. The highest BCUT2D eigenvalue weighted by Crippen LogP contribution is 2.42. The van der Waals surface area contributed by atoms with Gasteiger partial charge in [-0.05, 0) is 55.0 Å². The first kappa shape index (κ1) is 31.3. The number of carbonyl (C=O) groups is 1. The lowest BCUT2D eigenvalue weighted by molar-refractivity contribution is -0.131. The Kier molecular flexibility index (Phi) is 9.30. The van der Waals surface area contributed by atoms with Crippen molar-refractivity contribution in [3.8, 4) is 11.5 Å². The van der Waals surface area contributed by atoms with Crippen LogP contribution >= 0.6 is 0 Å². The molecule has 2 rings (SSSR count). The van der Waals surface area contributed by atoms with Gasteiger partial charge >= 0.3 is 5.97 Å². The van der Waals surface area contributed by atoms with Gasteiger partial charge in [0.25, 0.3) is 0 Å². The maximum absolute atomic E-state index is 11.2. The molecular formula is C32H48O4. The van der Waals surface area contributed by atoms with Crippen LogP contribution in [0.5, 0.6) is 11.5 Å². The smallest absolute Gasteiger partial charge is 0.327 e. The molecule has 0 bridgehead atoms. The van der Waals surface area contributed by atoms with E-state index in [1.807, 2.05) is 0 Å². The number of hydrogen-bond donors (Lipinski definition) is 3. The van der Waals surface area contributed by atoms with Crippen LogP contribution in [0.3, 0.4) is 0 Å². The number of benzene rings is 2. The van der Waals surface area contributed by atoms with Gasteiger partial charge in [-0.1, -0.05) is 114 Å². The SMILES string of the molecule is C=CC(=O)O.CC(C)(C)c1cc(Cc2cc(C(C)(C)C)cc(C(C)(C)C)c2O)c(O)c(C(C)(C)C)c1. The fraction of sp³-hybridized carbons (Fsp3) is 0.531. The number of phenols is 2. The van der Waals surface area contributed by atoms with Crippen LogP contribution in [0.15, 0.2) is 36.9 Å². The largest absolute Gasteiger partial charge is 0.507 e. The Balaban J connectivity index is 0.00000118. The predicted molar refractivity (Wildman–Crippen MR) is 152 cm³/mol. The molecule has 4 heteroatoms. The molecule has 0 unspecified atom stereocenters. The first-order valence-corrected chi connectivity index (χ1v) is 12.6. The van der Waals surface area contributed by atoms with Crippen LogP contribution in [0.2, 0.25) is 0 Å². The summed E-state index contributed by atoms with van der Waals surface area (Å²) in [6.07, 6.45) is 1.33. The monoisotopic (exact) mass is 496 g/mol. The summed E-state index contributed by atoms with van der Waals surface area (Å²) in [5, 5.41) is 30.1. The first-order chi connectivity index (χ1) is 16.0. The molecular weight excluding hydrogens is 448 g/mol. The van der Waals surface area contributed by atoms with Gasteiger partial charge < -0.3 is 15.3 Å². The molecule has 0 aliphatic rings. The third kappa shape index (κ3) is 8.15. The van der Waals surface area contributed by atoms with E-state index in [1.165, 1.54) is 11.1 Å². The van der Waals surface area contributed by atoms with Gasteiger partial charge in [-0.3, -0.25) is 0 Å². The average Bonchev–Trinajstić information content (AvgIpc) is 2.67. The molecule has 0 atom stereocenters. The third-order valence-electron chi connectivity index (χ3n) is 6.28. The van der Waals surface area contributed by atoms with Gasteiger partial charge in [0, 0.05) is 12.5 Å². The van der Waals surface area contributed by atoms with Crippen molar-refractivity contribution in [3.05, 3.63) is 70.3 Å². The van der Waals surface area contributed by atoms with Crippen molar-refractivity contribution in [2.75, 3.05) is 0 Å². The van der Waals surface area contributed by atoms with Crippen molar-refractivity contribution in [3.63, 3.8) is 0 Å². The number of aliphatic carboxylic acids is 1. The lowest BCUT2D eigenvalue weighted by Crippen LogP contribution is -2.18. The molecule has 2 aromatic carbocycles. The summed E-state index contributed by atoms with van der Waals surface area (Å²) in [6, 6.07) is 8.52. The van der Waals surface area contributed by atoms with Crippen molar-refractivity contribution in [2.24, 2.45) is 0 Å². The molecule has 4 nitrogen and oxygen atoms in total. The second-order valence-corrected chi connectivity index (χ2v) is 13.8. The van der Waals surface area contributed by atoms with Crippen molar-refractivity contribution in [2.45, 2.75) is 111 Å². The van der Waals surface area contributed by atoms with E-state index in [-0.39, 0.29) is 21.7 Å². The summed E-state index contributed by atoms with van der Waals surface area (Å²) in [5.41, 5.74) is 5.65. The molecule has 200 valence electrons. The molecule has 0 saturated heterocycles. The zero-order valence-electron chi connectivity index (χ0n) is 24.6. The molecule has 0 saturated carbocycles. The molecule has 36 heavy (non-hydrogen) atoms. The van der Waals surface area contributed by atoms with Crippen LogP contribution in [0.4, 0.5) is 0 Å². The molecule has 0 fully saturated rings. The van der Waals surface area contributed by atoms with E-state index in [0.29, 0.717) is 17.9 Å². The van der Waals surface area contributed by atoms with E-state index in [9.17, 15) is 15.0 Å². The zero-order valence-corrected chi connectivity index (χ0v) is 24.6. The molecule has 3 N–H and O–H groups in total. The van der Waals surface area contributed by atoms with Gasteiger partial charge in [0.1, 0.15) is 11.5 Å². The number of aromatic hydroxyl groups is 2. The van der Waals surface area contributed by atoms with Gasteiger partial charge in [0.05, 0.1) is 0 Å². The van der Waals surface area contributed by atoms with Crippen molar-refractivity contribution in [1.82, 2.24) is 0 Å². The molecule has 0 aromatic heterocycles.